The minimum atomic E-state index is -1.04. The number of aromatic nitrogens is 4. The maximum absolute atomic E-state index is 11.7. The molecule has 22 heavy (non-hydrogen) atoms. The second-order valence-electron chi connectivity index (χ2n) is 5.69. The van der Waals surface area contributed by atoms with Gasteiger partial charge in [0.2, 0.25) is 0 Å². The average molecular weight is 304 g/mol. The molecule has 0 aromatic carbocycles. The van der Waals surface area contributed by atoms with Gasteiger partial charge < -0.3 is 9.84 Å². The van der Waals surface area contributed by atoms with Crippen LogP contribution in [0, 0.1) is 5.41 Å². The van der Waals surface area contributed by atoms with Gasteiger partial charge in [0.25, 0.3) is 0 Å². The summed E-state index contributed by atoms with van der Waals surface area (Å²) in [6, 6.07) is 2.97. The van der Waals surface area contributed by atoms with Crippen LogP contribution in [0.1, 0.15) is 31.1 Å². The fourth-order valence-electron chi connectivity index (χ4n) is 1.49. The van der Waals surface area contributed by atoms with E-state index in [1.54, 1.807) is 33.0 Å². The van der Waals surface area contributed by atoms with Gasteiger partial charge in [0.1, 0.15) is 5.69 Å². The Morgan fingerprint density at radius 1 is 1.27 bits per heavy atom. The fourth-order valence-corrected chi connectivity index (χ4v) is 1.49. The summed E-state index contributed by atoms with van der Waals surface area (Å²) in [5.74, 6) is -1.38. The van der Waals surface area contributed by atoms with Gasteiger partial charge >= 0.3 is 11.9 Å². The van der Waals surface area contributed by atoms with Gasteiger partial charge in [-0.15, -0.1) is 5.10 Å². The topological polar surface area (TPSA) is 107 Å². The van der Waals surface area contributed by atoms with Crippen LogP contribution in [-0.4, -0.2) is 37.0 Å². The van der Waals surface area contributed by atoms with Crippen LogP contribution in [0.2, 0.25) is 0 Å². The molecule has 116 valence electrons. The molecule has 0 aliphatic rings. The molecule has 1 N–H and O–H groups in total. The van der Waals surface area contributed by atoms with Gasteiger partial charge in [-0.2, -0.15) is 0 Å². The molecule has 0 atom stereocenters. The first-order valence-electron chi connectivity index (χ1n) is 6.54. The number of pyridine rings is 1. The van der Waals surface area contributed by atoms with Crippen molar-refractivity contribution in [3.05, 3.63) is 30.1 Å². The van der Waals surface area contributed by atoms with Gasteiger partial charge in [-0.1, -0.05) is 5.21 Å². The standard InChI is InChI=1S/C14H16N4O4/c1-14(2,3)13(21)22-8-18-7-11(16-17-18)10-5-4-9(6-15-10)12(19)20/h4-7H,8H2,1-3H3,(H,19,20). The molecule has 0 saturated carbocycles. The third kappa shape index (κ3) is 3.66. The highest BCUT2D eigenvalue weighted by Crippen LogP contribution is 2.16. The lowest BCUT2D eigenvalue weighted by Crippen LogP contribution is -2.24. The quantitative estimate of drug-likeness (QED) is 0.854. The Bertz CT molecular complexity index is 686. The van der Waals surface area contributed by atoms with Crippen molar-refractivity contribution in [3.63, 3.8) is 0 Å². The molecule has 8 heteroatoms. The zero-order chi connectivity index (χ0) is 16.3. The number of hydrogen-bond acceptors (Lipinski definition) is 6. The van der Waals surface area contributed by atoms with E-state index in [0.717, 1.165) is 0 Å². The Labute approximate surface area is 126 Å². The Morgan fingerprint density at radius 2 is 2.00 bits per heavy atom. The maximum Gasteiger partial charge on any atom is 0.337 e. The van der Waals surface area contributed by atoms with E-state index in [1.807, 2.05) is 0 Å². The van der Waals surface area contributed by atoms with Crippen molar-refractivity contribution in [2.45, 2.75) is 27.5 Å². The van der Waals surface area contributed by atoms with Gasteiger partial charge in [-0.3, -0.25) is 9.78 Å². The van der Waals surface area contributed by atoms with Crippen molar-refractivity contribution in [1.82, 2.24) is 20.0 Å². The summed E-state index contributed by atoms with van der Waals surface area (Å²) in [6.07, 6.45) is 2.81. The van der Waals surface area contributed by atoms with Crippen molar-refractivity contribution in [1.29, 1.82) is 0 Å². The second-order valence-corrected chi connectivity index (χ2v) is 5.69. The average Bonchev–Trinajstić information content (AvgIpc) is 2.92. The van der Waals surface area contributed by atoms with Crippen LogP contribution in [0.25, 0.3) is 11.4 Å². The summed E-state index contributed by atoms with van der Waals surface area (Å²) < 4.78 is 6.48. The van der Waals surface area contributed by atoms with Gasteiger partial charge in [0, 0.05) is 6.20 Å². The molecule has 0 saturated heterocycles. The summed E-state index contributed by atoms with van der Waals surface area (Å²) in [7, 11) is 0. The first kappa shape index (κ1) is 15.6. The first-order valence-corrected chi connectivity index (χ1v) is 6.54. The third-order valence-electron chi connectivity index (χ3n) is 2.75. The summed E-state index contributed by atoms with van der Waals surface area (Å²) in [5.41, 5.74) is 0.454. The van der Waals surface area contributed by atoms with Crippen LogP contribution >= 0.6 is 0 Å². The lowest BCUT2D eigenvalue weighted by molar-refractivity contribution is -0.157. The molecule has 0 unspecified atom stereocenters. The minimum Gasteiger partial charge on any atom is -0.478 e. The van der Waals surface area contributed by atoms with E-state index in [1.165, 1.54) is 16.9 Å². The number of aromatic carboxylic acids is 1. The van der Waals surface area contributed by atoms with Gasteiger partial charge in [-0.25, -0.2) is 9.48 Å². The highest BCUT2D eigenvalue weighted by Gasteiger charge is 2.23. The molecular weight excluding hydrogens is 288 g/mol. The van der Waals surface area contributed by atoms with Crippen molar-refractivity contribution < 1.29 is 19.4 Å². The van der Waals surface area contributed by atoms with E-state index >= 15 is 0 Å². The minimum absolute atomic E-state index is 0.0453. The summed E-state index contributed by atoms with van der Waals surface area (Å²) in [6.45, 7) is 5.23. The number of hydrogen-bond donors (Lipinski definition) is 1. The lowest BCUT2D eigenvalue weighted by Gasteiger charge is -2.15. The third-order valence-corrected chi connectivity index (χ3v) is 2.75. The molecule has 0 fully saturated rings. The normalized spacial score (nSPS) is 11.2. The van der Waals surface area contributed by atoms with Gasteiger partial charge in [0.05, 0.1) is 22.9 Å². The summed E-state index contributed by atoms with van der Waals surface area (Å²) >= 11 is 0. The number of carboxylic acid groups (broad SMARTS) is 1. The predicted molar refractivity (Wildman–Crippen MR) is 75.8 cm³/mol. The molecule has 0 bridgehead atoms. The molecule has 0 aliphatic heterocycles. The largest absolute Gasteiger partial charge is 0.478 e. The number of carboxylic acids is 1. The van der Waals surface area contributed by atoms with Crippen LogP contribution in [-0.2, 0) is 16.3 Å². The monoisotopic (exact) mass is 304 g/mol. The molecule has 2 aromatic rings. The van der Waals surface area contributed by atoms with Crippen LogP contribution in [0.15, 0.2) is 24.5 Å². The number of esters is 1. The molecule has 2 rings (SSSR count). The number of ether oxygens (including phenoxy) is 1. The van der Waals surface area contributed by atoms with E-state index in [0.29, 0.717) is 11.4 Å². The van der Waals surface area contributed by atoms with Crippen LogP contribution in [0.5, 0.6) is 0 Å². The van der Waals surface area contributed by atoms with E-state index in [-0.39, 0.29) is 18.3 Å². The first-order chi connectivity index (χ1) is 10.3. The zero-order valence-corrected chi connectivity index (χ0v) is 12.5. The predicted octanol–water partition coefficient (Wildman–Crippen LogP) is 1.59. The Hall–Kier alpha value is -2.77. The maximum atomic E-state index is 11.7. The van der Waals surface area contributed by atoms with Crippen molar-refractivity contribution >= 4 is 11.9 Å². The van der Waals surface area contributed by atoms with E-state index in [2.05, 4.69) is 15.3 Å². The van der Waals surface area contributed by atoms with Crippen LogP contribution in [0.3, 0.4) is 0 Å². The highest BCUT2D eigenvalue weighted by atomic mass is 16.5. The molecule has 0 radical (unpaired) electrons. The van der Waals surface area contributed by atoms with Crippen LogP contribution < -0.4 is 0 Å². The number of carbonyl (C=O) groups excluding carboxylic acids is 1. The highest BCUT2D eigenvalue weighted by molar-refractivity contribution is 5.87. The van der Waals surface area contributed by atoms with E-state index in [9.17, 15) is 9.59 Å². The van der Waals surface area contributed by atoms with Crippen molar-refractivity contribution in [2.75, 3.05) is 0 Å². The molecule has 2 aromatic heterocycles. The van der Waals surface area contributed by atoms with Crippen molar-refractivity contribution in [3.8, 4) is 11.4 Å². The Morgan fingerprint density at radius 3 is 2.55 bits per heavy atom. The van der Waals surface area contributed by atoms with Crippen LogP contribution in [0.4, 0.5) is 0 Å². The lowest BCUT2D eigenvalue weighted by atomic mass is 9.98. The molecule has 0 amide bonds. The number of carbonyl (C=O) groups is 2. The van der Waals surface area contributed by atoms with Crippen molar-refractivity contribution in [2.24, 2.45) is 5.41 Å². The van der Waals surface area contributed by atoms with Gasteiger partial charge in [0.15, 0.2) is 6.73 Å². The Balaban J connectivity index is 2.05. The SMILES string of the molecule is CC(C)(C)C(=O)OCn1cc(-c2ccc(C(=O)O)cn2)nn1. The molecule has 2 heterocycles. The second kappa shape index (κ2) is 5.92. The summed E-state index contributed by atoms with van der Waals surface area (Å²) in [5, 5.41) is 16.6. The smallest absolute Gasteiger partial charge is 0.337 e. The summed E-state index contributed by atoms with van der Waals surface area (Å²) in [4.78, 5) is 26.4. The Kier molecular flexibility index (Phi) is 4.20. The molecule has 8 nitrogen and oxygen atoms in total. The number of rotatable bonds is 4. The molecule has 0 spiro atoms. The number of nitrogens with zero attached hydrogens (tertiary/aromatic N) is 4. The molecular formula is C14H16N4O4. The van der Waals surface area contributed by atoms with Gasteiger partial charge in [-0.05, 0) is 32.9 Å². The van der Waals surface area contributed by atoms with E-state index < -0.39 is 11.4 Å². The fraction of sp³-hybridized carbons (Fsp3) is 0.357. The van der Waals surface area contributed by atoms with E-state index in [4.69, 9.17) is 9.84 Å². The molecule has 0 aliphatic carbocycles. The zero-order valence-electron chi connectivity index (χ0n) is 12.5.